The van der Waals surface area contributed by atoms with Crippen LogP contribution in [0.15, 0.2) is 0 Å². The van der Waals surface area contributed by atoms with E-state index in [9.17, 15) is 8.78 Å². The van der Waals surface area contributed by atoms with Crippen molar-refractivity contribution in [3.63, 3.8) is 0 Å². The minimum absolute atomic E-state index is 0.192. The van der Waals surface area contributed by atoms with Crippen molar-refractivity contribution in [2.45, 2.75) is 31.7 Å². The molecule has 0 amide bonds. The van der Waals surface area contributed by atoms with Gasteiger partial charge in [-0.25, -0.2) is 8.78 Å². The molecule has 1 unspecified atom stereocenters. The van der Waals surface area contributed by atoms with Gasteiger partial charge < -0.3 is 5.32 Å². The van der Waals surface area contributed by atoms with Crippen molar-refractivity contribution >= 4 is 0 Å². The Morgan fingerprint density at radius 2 is 2.00 bits per heavy atom. The Kier molecular flexibility index (Phi) is 1.95. The van der Waals surface area contributed by atoms with Crippen LogP contribution in [0.4, 0.5) is 8.78 Å². The highest BCUT2D eigenvalue weighted by Gasteiger charge is 2.46. The molecule has 1 saturated carbocycles. The van der Waals surface area contributed by atoms with E-state index in [1.807, 2.05) is 0 Å². The molecular formula is C7H13F2N. The topological polar surface area (TPSA) is 12.0 Å². The lowest BCUT2D eigenvalue weighted by Crippen LogP contribution is -2.48. The summed E-state index contributed by atoms with van der Waals surface area (Å²) in [7, 11) is 1.60. The van der Waals surface area contributed by atoms with Crippen molar-refractivity contribution in [1.82, 2.24) is 5.32 Å². The van der Waals surface area contributed by atoms with Crippen LogP contribution in [-0.4, -0.2) is 19.0 Å². The second kappa shape index (κ2) is 2.46. The normalized spacial score (nSPS) is 24.9. The summed E-state index contributed by atoms with van der Waals surface area (Å²) in [6, 6.07) is 0. The van der Waals surface area contributed by atoms with Crippen LogP contribution in [0.5, 0.6) is 0 Å². The monoisotopic (exact) mass is 149 g/mol. The summed E-state index contributed by atoms with van der Waals surface area (Å²) in [4.78, 5) is 0. The largest absolute Gasteiger partial charge is 0.309 e. The van der Waals surface area contributed by atoms with Crippen molar-refractivity contribution in [1.29, 1.82) is 0 Å². The fourth-order valence-corrected chi connectivity index (χ4v) is 1.17. The first-order valence-corrected chi connectivity index (χ1v) is 3.58. The zero-order chi connectivity index (χ0) is 7.78. The van der Waals surface area contributed by atoms with E-state index < -0.39 is 12.0 Å². The molecule has 0 aromatic heterocycles. The van der Waals surface area contributed by atoms with E-state index in [4.69, 9.17) is 0 Å². The number of nitrogens with one attached hydrogen (secondary N) is 1. The highest BCUT2D eigenvalue weighted by Crippen LogP contribution is 2.42. The molecule has 10 heavy (non-hydrogen) atoms. The Bertz CT molecular complexity index is 119. The van der Waals surface area contributed by atoms with Gasteiger partial charge in [-0.3, -0.25) is 0 Å². The van der Waals surface area contributed by atoms with E-state index in [1.165, 1.54) is 0 Å². The molecule has 1 fully saturated rings. The Labute approximate surface area is 59.8 Å². The van der Waals surface area contributed by atoms with Crippen LogP contribution in [0.25, 0.3) is 0 Å². The zero-order valence-corrected chi connectivity index (χ0v) is 6.32. The molecule has 0 radical (unpaired) electrons. The van der Waals surface area contributed by atoms with E-state index in [1.54, 1.807) is 14.0 Å². The number of alkyl halides is 2. The maximum absolute atomic E-state index is 12.3. The van der Waals surface area contributed by atoms with E-state index in [0.29, 0.717) is 0 Å². The maximum Gasteiger partial charge on any atom is 0.256 e. The third-order valence-corrected chi connectivity index (χ3v) is 2.42. The number of rotatable bonds is 3. The average molecular weight is 149 g/mol. The van der Waals surface area contributed by atoms with Gasteiger partial charge >= 0.3 is 0 Å². The molecule has 0 aromatic rings. The maximum atomic E-state index is 12.3. The van der Waals surface area contributed by atoms with Crippen LogP contribution in [0.1, 0.15) is 19.8 Å². The Morgan fingerprint density at radius 1 is 1.50 bits per heavy atom. The molecule has 0 spiro atoms. The summed E-state index contributed by atoms with van der Waals surface area (Å²) in [6.07, 6.45) is -0.353. The van der Waals surface area contributed by atoms with E-state index in [0.717, 1.165) is 12.8 Å². The lowest BCUT2D eigenvalue weighted by atomic mass is 9.97. The first kappa shape index (κ1) is 7.92. The summed E-state index contributed by atoms with van der Waals surface area (Å²) < 4.78 is 24.6. The van der Waals surface area contributed by atoms with Crippen molar-refractivity contribution < 1.29 is 8.78 Å². The quantitative estimate of drug-likeness (QED) is 0.643. The first-order chi connectivity index (χ1) is 4.61. The molecule has 1 rings (SSSR count). The Hall–Kier alpha value is -0.180. The molecule has 1 atom stereocenters. The van der Waals surface area contributed by atoms with Gasteiger partial charge in [0.05, 0.1) is 5.54 Å². The van der Waals surface area contributed by atoms with E-state index in [2.05, 4.69) is 5.32 Å². The highest BCUT2D eigenvalue weighted by molar-refractivity contribution is 4.98. The van der Waals surface area contributed by atoms with Crippen LogP contribution in [0.3, 0.4) is 0 Å². The fourth-order valence-electron chi connectivity index (χ4n) is 1.17. The van der Waals surface area contributed by atoms with Crippen LogP contribution >= 0.6 is 0 Å². The fraction of sp³-hybridized carbons (Fsp3) is 1.00. The Morgan fingerprint density at radius 3 is 2.10 bits per heavy atom. The molecule has 0 bridgehead atoms. The minimum Gasteiger partial charge on any atom is -0.309 e. The molecule has 0 saturated heterocycles. The summed E-state index contributed by atoms with van der Waals surface area (Å²) in [5.41, 5.74) is -0.931. The molecular weight excluding hydrogens is 136 g/mol. The molecule has 0 aliphatic heterocycles. The minimum atomic E-state index is -2.25. The molecule has 1 N–H and O–H groups in total. The van der Waals surface area contributed by atoms with E-state index >= 15 is 0 Å². The molecule has 0 heterocycles. The third kappa shape index (κ3) is 1.15. The zero-order valence-electron chi connectivity index (χ0n) is 6.32. The lowest BCUT2D eigenvalue weighted by Gasteiger charge is -2.27. The Balaban J connectivity index is 2.56. The van der Waals surface area contributed by atoms with Crippen molar-refractivity contribution in [3.8, 4) is 0 Å². The predicted molar refractivity (Wildman–Crippen MR) is 36.2 cm³/mol. The predicted octanol–water partition coefficient (Wildman–Crippen LogP) is 1.64. The third-order valence-electron chi connectivity index (χ3n) is 2.42. The SMILES string of the molecule is CNC(C)(C(F)F)C1CC1. The standard InChI is InChI=1S/C7H13F2N/c1-7(10-2,6(8)9)5-3-4-5/h5-6,10H,3-4H2,1-2H3. The number of halogens is 2. The van der Waals surface area contributed by atoms with Gasteiger partial charge in [-0.1, -0.05) is 0 Å². The summed E-state index contributed by atoms with van der Waals surface area (Å²) in [5.74, 6) is 0.192. The van der Waals surface area contributed by atoms with Crippen LogP contribution in [-0.2, 0) is 0 Å². The highest BCUT2D eigenvalue weighted by atomic mass is 19.3. The smallest absolute Gasteiger partial charge is 0.256 e. The van der Waals surface area contributed by atoms with Gasteiger partial charge in [-0.15, -0.1) is 0 Å². The molecule has 1 aliphatic carbocycles. The number of hydrogen-bond donors (Lipinski definition) is 1. The van der Waals surface area contributed by atoms with Crippen LogP contribution in [0.2, 0.25) is 0 Å². The van der Waals surface area contributed by atoms with Crippen molar-refractivity contribution in [3.05, 3.63) is 0 Å². The van der Waals surface area contributed by atoms with Crippen molar-refractivity contribution in [2.24, 2.45) is 5.92 Å². The van der Waals surface area contributed by atoms with Gasteiger partial charge in [0.1, 0.15) is 0 Å². The van der Waals surface area contributed by atoms with E-state index in [-0.39, 0.29) is 5.92 Å². The molecule has 60 valence electrons. The average Bonchev–Trinajstić information content (AvgIpc) is 2.67. The molecule has 1 nitrogen and oxygen atoms in total. The van der Waals surface area contributed by atoms with Crippen molar-refractivity contribution in [2.75, 3.05) is 7.05 Å². The van der Waals surface area contributed by atoms with Gasteiger partial charge in [0.2, 0.25) is 0 Å². The second-order valence-corrected chi connectivity index (χ2v) is 3.11. The summed E-state index contributed by atoms with van der Waals surface area (Å²) in [5, 5.41) is 2.69. The van der Waals surface area contributed by atoms with Gasteiger partial charge in [-0.05, 0) is 32.7 Å². The molecule has 1 aliphatic rings. The van der Waals surface area contributed by atoms with Crippen LogP contribution in [0, 0.1) is 5.92 Å². The summed E-state index contributed by atoms with van der Waals surface area (Å²) >= 11 is 0. The number of hydrogen-bond acceptors (Lipinski definition) is 1. The second-order valence-electron chi connectivity index (χ2n) is 3.11. The lowest BCUT2D eigenvalue weighted by molar-refractivity contribution is 0.0318. The van der Waals surface area contributed by atoms with Crippen LogP contribution < -0.4 is 5.32 Å². The molecule has 0 aromatic carbocycles. The van der Waals surface area contributed by atoms with Gasteiger partial charge in [-0.2, -0.15) is 0 Å². The summed E-state index contributed by atoms with van der Waals surface area (Å²) in [6.45, 7) is 1.59. The molecule has 3 heteroatoms. The first-order valence-electron chi connectivity index (χ1n) is 3.58. The van der Waals surface area contributed by atoms with Gasteiger partial charge in [0.15, 0.2) is 0 Å². The van der Waals surface area contributed by atoms with Gasteiger partial charge in [0.25, 0.3) is 6.43 Å². The van der Waals surface area contributed by atoms with Gasteiger partial charge in [0, 0.05) is 0 Å².